The summed E-state index contributed by atoms with van der Waals surface area (Å²) in [6.07, 6.45) is -1.42. The SMILES string of the molecule is Cc1cc(OC[C@H](O)c2c(F)cccc2F)nnc1C. The van der Waals surface area contributed by atoms with Crippen molar-refractivity contribution in [2.45, 2.75) is 20.0 Å². The third-order valence-electron chi connectivity index (χ3n) is 2.93. The molecule has 2 aromatic rings. The highest BCUT2D eigenvalue weighted by Gasteiger charge is 2.18. The van der Waals surface area contributed by atoms with E-state index in [9.17, 15) is 13.9 Å². The van der Waals surface area contributed by atoms with E-state index in [0.29, 0.717) is 0 Å². The van der Waals surface area contributed by atoms with Crippen molar-refractivity contribution in [3.05, 3.63) is 52.7 Å². The van der Waals surface area contributed by atoms with E-state index in [2.05, 4.69) is 10.2 Å². The Balaban J connectivity index is 2.08. The number of benzene rings is 1. The molecule has 0 unspecified atom stereocenters. The average Bonchev–Trinajstić information content (AvgIpc) is 2.40. The molecule has 1 aromatic heterocycles. The molecule has 0 spiro atoms. The first kappa shape index (κ1) is 14.3. The van der Waals surface area contributed by atoms with Crippen LogP contribution in [0.2, 0.25) is 0 Å². The fraction of sp³-hybridized carbons (Fsp3) is 0.286. The summed E-state index contributed by atoms with van der Waals surface area (Å²) in [4.78, 5) is 0. The van der Waals surface area contributed by atoms with E-state index in [-0.39, 0.29) is 12.5 Å². The van der Waals surface area contributed by atoms with Gasteiger partial charge in [0.1, 0.15) is 24.3 Å². The second-order valence-electron chi connectivity index (χ2n) is 4.41. The summed E-state index contributed by atoms with van der Waals surface area (Å²) in [6.45, 7) is 3.33. The number of halogens is 2. The lowest BCUT2D eigenvalue weighted by molar-refractivity contribution is 0.0982. The summed E-state index contributed by atoms with van der Waals surface area (Å²) in [5.74, 6) is -1.43. The van der Waals surface area contributed by atoms with Crippen LogP contribution in [0.25, 0.3) is 0 Å². The second-order valence-corrected chi connectivity index (χ2v) is 4.41. The lowest BCUT2D eigenvalue weighted by Gasteiger charge is -2.13. The quantitative estimate of drug-likeness (QED) is 0.934. The van der Waals surface area contributed by atoms with Gasteiger partial charge in [-0.3, -0.25) is 0 Å². The molecular weight excluding hydrogens is 266 g/mol. The smallest absolute Gasteiger partial charge is 0.233 e. The molecule has 0 saturated heterocycles. The molecule has 1 N–H and O–H groups in total. The highest BCUT2D eigenvalue weighted by molar-refractivity contribution is 5.23. The van der Waals surface area contributed by atoms with Crippen molar-refractivity contribution in [2.24, 2.45) is 0 Å². The van der Waals surface area contributed by atoms with Gasteiger partial charge in [-0.15, -0.1) is 5.10 Å². The molecule has 0 amide bonds. The summed E-state index contributed by atoms with van der Waals surface area (Å²) >= 11 is 0. The Morgan fingerprint density at radius 3 is 2.45 bits per heavy atom. The first-order chi connectivity index (χ1) is 9.49. The van der Waals surface area contributed by atoms with Crippen molar-refractivity contribution in [3.8, 4) is 5.88 Å². The Labute approximate surface area is 115 Å². The van der Waals surface area contributed by atoms with Crippen molar-refractivity contribution in [2.75, 3.05) is 6.61 Å². The number of aromatic nitrogens is 2. The molecule has 1 atom stereocenters. The Kier molecular flexibility index (Phi) is 4.24. The maximum Gasteiger partial charge on any atom is 0.233 e. The van der Waals surface area contributed by atoms with Gasteiger partial charge in [-0.2, -0.15) is 5.10 Å². The topological polar surface area (TPSA) is 55.2 Å². The lowest BCUT2D eigenvalue weighted by atomic mass is 10.1. The highest BCUT2D eigenvalue weighted by atomic mass is 19.1. The molecule has 0 aliphatic heterocycles. The second kappa shape index (κ2) is 5.92. The predicted molar refractivity (Wildman–Crippen MR) is 68.3 cm³/mol. The van der Waals surface area contributed by atoms with Crippen molar-refractivity contribution in [1.29, 1.82) is 0 Å². The van der Waals surface area contributed by atoms with Crippen LogP contribution in [0.1, 0.15) is 22.9 Å². The van der Waals surface area contributed by atoms with Crippen molar-refractivity contribution >= 4 is 0 Å². The summed E-state index contributed by atoms with van der Waals surface area (Å²) in [5, 5.41) is 17.5. The Bertz CT molecular complexity index is 600. The van der Waals surface area contributed by atoms with Gasteiger partial charge in [-0.05, 0) is 31.5 Å². The fourth-order valence-electron chi connectivity index (χ4n) is 1.67. The van der Waals surface area contributed by atoms with Crippen LogP contribution in [-0.2, 0) is 0 Å². The third-order valence-corrected chi connectivity index (χ3v) is 2.93. The number of hydrogen-bond donors (Lipinski definition) is 1. The fourth-order valence-corrected chi connectivity index (χ4v) is 1.67. The van der Waals surface area contributed by atoms with E-state index in [4.69, 9.17) is 4.74 Å². The van der Waals surface area contributed by atoms with Gasteiger partial charge < -0.3 is 9.84 Å². The van der Waals surface area contributed by atoms with Crippen LogP contribution < -0.4 is 4.74 Å². The molecule has 0 bridgehead atoms. The van der Waals surface area contributed by atoms with Crippen LogP contribution in [-0.4, -0.2) is 21.9 Å². The zero-order valence-corrected chi connectivity index (χ0v) is 11.1. The van der Waals surface area contributed by atoms with Gasteiger partial charge in [0.2, 0.25) is 5.88 Å². The number of aliphatic hydroxyl groups is 1. The molecule has 106 valence electrons. The van der Waals surface area contributed by atoms with Gasteiger partial charge >= 0.3 is 0 Å². The molecule has 20 heavy (non-hydrogen) atoms. The number of aliphatic hydroxyl groups excluding tert-OH is 1. The predicted octanol–water partition coefficient (Wildman–Crippen LogP) is 2.48. The molecule has 0 radical (unpaired) electrons. The van der Waals surface area contributed by atoms with E-state index in [0.717, 1.165) is 23.4 Å². The Morgan fingerprint density at radius 1 is 1.20 bits per heavy atom. The maximum absolute atomic E-state index is 13.5. The summed E-state index contributed by atoms with van der Waals surface area (Å²) in [6, 6.07) is 5.04. The van der Waals surface area contributed by atoms with Crippen LogP contribution in [0, 0.1) is 25.5 Å². The molecule has 4 nitrogen and oxygen atoms in total. The Morgan fingerprint density at radius 2 is 1.85 bits per heavy atom. The summed E-state index contributed by atoms with van der Waals surface area (Å²) in [5.41, 5.74) is 1.23. The molecule has 0 aliphatic carbocycles. The molecular formula is C14H14F2N2O2. The van der Waals surface area contributed by atoms with Crippen molar-refractivity contribution < 1.29 is 18.6 Å². The number of hydrogen-bond acceptors (Lipinski definition) is 4. The highest BCUT2D eigenvalue weighted by Crippen LogP contribution is 2.21. The number of nitrogens with zero attached hydrogens (tertiary/aromatic N) is 2. The molecule has 1 heterocycles. The van der Waals surface area contributed by atoms with Crippen LogP contribution in [0.3, 0.4) is 0 Å². The third kappa shape index (κ3) is 3.08. The van der Waals surface area contributed by atoms with Crippen LogP contribution in [0.5, 0.6) is 5.88 Å². The van der Waals surface area contributed by atoms with Crippen molar-refractivity contribution in [3.63, 3.8) is 0 Å². The zero-order valence-electron chi connectivity index (χ0n) is 11.1. The van der Waals surface area contributed by atoms with Crippen LogP contribution in [0.4, 0.5) is 8.78 Å². The summed E-state index contributed by atoms with van der Waals surface area (Å²) in [7, 11) is 0. The maximum atomic E-state index is 13.5. The molecule has 0 saturated carbocycles. The van der Waals surface area contributed by atoms with E-state index in [1.165, 1.54) is 6.07 Å². The van der Waals surface area contributed by atoms with Gasteiger partial charge in [-0.1, -0.05) is 6.07 Å². The van der Waals surface area contributed by atoms with Gasteiger partial charge in [0.15, 0.2) is 0 Å². The first-order valence-electron chi connectivity index (χ1n) is 6.04. The minimum atomic E-state index is -1.42. The number of aryl methyl sites for hydroxylation is 2. The largest absolute Gasteiger partial charge is 0.473 e. The average molecular weight is 280 g/mol. The molecule has 0 aliphatic rings. The van der Waals surface area contributed by atoms with Crippen LogP contribution >= 0.6 is 0 Å². The number of rotatable bonds is 4. The summed E-state index contributed by atoms with van der Waals surface area (Å²) < 4.78 is 32.1. The van der Waals surface area contributed by atoms with E-state index in [1.807, 2.05) is 6.92 Å². The molecule has 6 heteroatoms. The van der Waals surface area contributed by atoms with Crippen molar-refractivity contribution in [1.82, 2.24) is 10.2 Å². The van der Waals surface area contributed by atoms with Gasteiger partial charge in [0, 0.05) is 6.07 Å². The van der Waals surface area contributed by atoms with Gasteiger partial charge in [0.05, 0.1) is 11.3 Å². The van der Waals surface area contributed by atoms with E-state index >= 15 is 0 Å². The minimum Gasteiger partial charge on any atom is -0.473 e. The van der Waals surface area contributed by atoms with Crippen LogP contribution in [0.15, 0.2) is 24.3 Å². The molecule has 0 fully saturated rings. The normalized spacial score (nSPS) is 12.2. The van der Waals surface area contributed by atoms with Gasteiger partial charge in [0.25, 0.3) is 0 Å². The van der Waals surface area contributed by atoms with E-state index < -0.39 is 23.3 Å². The first-order valence-corrected chi connectivity index (χ1v) is 6.04. The number of ether oxygens (including phenoxy) is 1. The standard InChI is InChI=1S/C14H14F2N2O2/c1-8-6-13(18-17-9(8)2)20-7-12(19)14-10(15)4-3-5-11(14)16/h3-6,12,19H,7H2,1-2H3/t12-/m0/s1. The molecule has 1 aromatic carbocycles. The lowest BCUT2D eigenvalue weighted by Crippen LogP contribution is -2.14. The monoisotopic (exact) mass is 280 g/mol. The van der Waals surface area contributed by atoms with Gasteiger partial charge in [-0.25, -0.2) is 8.78 Å². The molecule has 2 rings (SSSR count). The Hall–Kier alpha value is -2.08. The zero-order chi connectivity index (χ0) is 14.7. The van der Waals surface area contributed by atoms with E-state index in [1.54, 1.807) is 13.0 Å². The minimum absolute atomic E-state index is 0.198.